The number of nitrogens with zero attached hydrogens (tertiary/aromatic N) is 3. The Labute approximate surface area is 105 Å². The second-order valence-electron chi connectivity index (χ2n) is 3.31. The lowest BCUT2D eigenvalue weighted by molar-refractivity contribution is -0.384. The number of azo groups is 1. The fourth-order valence-electron chi connectivity index (χ4n) is 1.25. The maximum atomic E-state index is 10.4. The maximum Gasteiger partial charge on any atom is 0.269 e. The Balaban J connectivity index is 0.00000162. The summed E-state index contributed by atoms with van der Waals surface area (Å²) in [4.78, 5) is 10.00. The molecule has 0 bridgehead atoms. The molecule has 2 aromatic carbocycles. The van der Waals surface area contributed by atoms with Gasteiger partial charge in [0.2, 0.25) is 0 Å². The molecule has 0 unspecified atom stereocenters. The molecule has 2 aromatic rings. The van der Waals surface area contributed by atoms with E-state index in [1.807, 2.05) is 30.3 Å². The molecule has 2 rings (SSSR count). The fraction of sp³-hybridized carbons (Fsp3) is 0.0769. The lowest BCUT2D eigenvalue weighted by atomic mass is 10.3. The average molecular weight is 243 g/mol. The van der Waals surface area contributed by atoms with Gasteiger partial charge in [-0.15, -0.1) is 0 Å². The van der Waals surface area contributed by atoms with E-state index in [1.54, 1.807) is 12.1 Å². The molecule has 0 saturated heterocycles. The number of hydrogen-bond donors (Lipinski definition) is 0. The van der Waals surface area contributed by atoms with Gasteiger partial charge in [-0.3, -0.25) is 10.1 Å². The van der Waals surface area contributed by atoms with E-state index in [2.05, 4.69) is 10.2 Å². The van der Waals surface area contributed by atoms with Crippen molar-refractivity contribution in [2.24, 2.45) is 10.2 Å². The monoisotopic (exact) mass is 243 g/mol. The molecule has 0 N–H and O–H groups in total. The van der Waals surface area contributed by atoms with Crippen LogP contribution in [0, 0.1) is 10.1 Å². The molecule has 0 saturated carbocycles. The molecule has 5 nitrogen and oxygen atoms in total. The Bertz CT molecular complexity index is 536. The summed E-state index contributed by atoms with van der Waals surface area (Å²) in [6.07, 6.45) is 0. The SMILES string of the molecule is C.O=[N+]([O-])c1ccc(/N=N/c2ccccc2)cc1. The first-order valence-electron chi connectivity index (χ1n) is 4.97. The Morgan fingerprint density at radius 3 is 1.83 bits per heavy atom. The number of benzene rings is 2. The third-order valence-electron chi connectivity index (χ3n) is 2.10. The van der Waals surface area contributed by atoms with Gasteiger partial charge in [0.1, 0.15) is 0 Å². The molecule has 0 radical (unpaired) electrons. The van der Waals surface area contributed by atoms with Crippen LogP contribution in [-0.4, -0.2) is 4.92 Å². The molecule has 0 aliphatic carbocycles. The molecule has 0 aliphatic heterocycles. The van der Waals surface area contributed by atoms with Gasteiger partial charge in [0.15, 0.2) is 0 Å². The zero-order valence-electron chi connectivity index (χ0n) is 8.85. The predicted octanol–water partition coefficient (Wildman–Crippen LogP) is 4.65. The number of non-ortho nitro benzene ring substituents is 1. The number of hydrogen-bond acceptors (Lipinski definition) is 4. The summed E-state index contributed by atoms with van der Waals surface area (Å²) in [5.74, 6) is 0. The predicted molar refractivity (Wildman–Crippen MR) is 70.4 cm³/mol. The van der Waals surface area contributed by atoms with Gasteiger partial charge < -0.3 is 0 Å². The van der Waals surface area contributed by atoms with Crippen LogP contribution in [0.4, 0.5) is 17.1 Å². The quantitative estimate of drug-likeness (QED) is 0.447. The van der Waals surface area contributed by atoms with Gasteiger partial charge in [-0.2, -0.15) is 10.2 Å². The normalized spacial score (nSPS) is 10.0. The minimum Gasteiger partial charge on any atom is -0.258 e. The largest absolute Gasteiger partial charge is 0.269 e. The zero-order valence-corrected chi connectivity index (χ0v) is 8.85. The van der Waals surface area contributed by atoms with E-state index >= 15 is 0 Å². The van der Waals surface area contributed by atoms with Gasteiger partial charge in [0.25, 0.3) is 5.69 Å². The van der Waals surface area contributed by atoms with Gasteiger partial charge in [-0.05, 0) is 24.3 Å². The van der Waals surface area contributed by atoms with Crippen molar-refractivity contribution in [3.63, 3.8) is 0 Å². The molecule has 0 heterocycles. The Kier molecular flexibility index (Phi) is 4.68. The average Bonchev–Trinajstić information content (AvgIpc) is 2.38. The minimum absolute atomic E-state index is 0. The Hall–Kier alpha value is -2.56. The second-order valence-corrected chi connectivity index (χ2v) is 3.31. The molecular formula is C13H13N3O2. The third-order valence-corrected chi connectivity index (χ3v) is 2.10. The Morgan fingerprint density at radius 1 is 0.833 bits per heavy atom. The van der Waals surface area contributed by atoms with E-state index in [9.17, 15) is 10.1 Å². The highest BCUT2D eigenvalue weighted by molar-refractivity contribution is 5.44. The van der Waals surface area contributed by atoms with Gasteiger partial charge >= 0.3 is 0 Å². The molecule has 0 aliphatic rings. The van der Waals surface area contributed by atoms with E-state index in [1.165, 1.54) is 12.1 Å². The van der Waals surface area contributed by atoms with Crippen LogP contribution in [0.25, 0.3) is 0 Å². The van der Waals surface area contributed by atoms with Crippen LogP contribution in [0.5, 0.6) is 0 Å². The highest BCUT2D eigenvalue weighted by Gasteiger charge is 2.02. The Morgan fingerprint density at radius 2 is 1.33 bits per heavy atom. The summed E-state index contributed by atoms with van der Waals surface area (Å²) >= 11 is 0. The molecule has 0 fully saturated rings. The van der Waals surface area contributed by atoms with Gasteiger partial charge in [-0.1, -0.05) is 25.6 Å². The van der Waals surface area contributed by atoms with Crippen molar-refractivity contribution in [2.75, 3.05) is 0 Å². The van der Waals surface area contributed by atoms with E-state index < -0.39 is 4.92 Å². The van der Waals surface area contributed by atoms with Crippen LogP contribution in [-0.2, 0) is 0 Å². The van der Waals surface area contributed by atoms with Crippen LogP contribution in [0.3, 0.4) is 0 Å². The first-order chi connectivity index (χ1) is 8.25. The second kappa shape index (κ2) is 6.24. The van der Waals surface area contributed by atoms with Crippen LogP contribution < -0.4 is 0 Å². The maximum absolute atomic E-state index is 10.4. The van der Waals surface area contributed by atoms with Crippen LogP contribution in [0.15, 0.2) is 64.8 Å². The zero-order chi connectivity index (χ0) is 12.1. The first kappa shape index (κ1) is 13.5. The number of nitro groups is 1. The van der Waals surface area contributed by atoms with Crippen molar-refractivity contribution < 1.29 is 4.92 Å². The van der Waals surface area contributed by atoms with Crippen molar-refractivity contribution in [1.82, 2.24) is 0 Å². The topological polar surface area (TPSA) is 67.9 Å². The van der Waals surface area contributed by atoms with Crippen molar-refractivity contribution in [1.29, 1.82) is 0 Å². The summed E-state index contributed by atoms with van der Waals surface area (Å²) in [6, 6.07) is 15.2. The smallest absolute Gasteiger partial charge is 0.258 e. The lowest BCUT2D eigenvalue weighted by Crippen LogP contribution is -1.85. The molecule has 0 amide bonds. The van der Waals surface area contributed by atoms with E-state index in [4.69, 9.17) is 0 Å². The van der Waals surface area contributed by atoms with Crippen molar-refractivity contribution in [3.05, 3.63) is 64.7 Å². The summed E-state index contributed by atoms with van der Waals surface area (Å²) in [7, 11) is 0. The highest BCUT2D eigenvalue weighted by Crippen LogP contribution is 2.20. The lowest BCUT2D eigenvalue weighted by Gasteiger charge is -1.93. The molecular weight excluding hydrogens is 230 g/mol. The van der Waals surface area contributed by atoms with Crippen molar-refractivity contribution in [2.45, 2.75) is 7.43 Å². The highest BCUT2D eigenvalue weighted by atomic mass is 16.6. The summed E-state index contributed by atoms with van der Waals surface area (Å²) < 4.78 is 0. The molecule has 92 valence electrons. The van der Waals surface area contributed by atoms with Crippen molar-refractivity contribution >= 4 is 17.1 Å². The molecule has 0 aromatic heterocycles. The first-order valence-corrected chi connectivity index (χ1v) is 4.97. The van der Waals surface area contributed by atoms with Crippen molar-refractivity contribution in [3.8, 4) is 0 Å². The van der Waals surface area contributed by atoms with E-state index in [0.29, 0.717) is 5.69 Å². The summed E-state index contributed by atoms with van der Waals surface area (Å²) in [5.41, 5.74) is 1.37. The number of rotatable bonds is 3. The molecule has 5 heteroatoms. The number of nitro benzene ring substituents is 1. The van der Waals surface area contributed by atoms with E-state index in [0.717, 1.165) is 5.69 Å². The van der Waals surface area contributed by atoms with Crippen LogP contribution in [0.2, 0.25) is 0 Å². The van der Waals surface area contributed by atoms with Gasteiger partial charge in [0.05, 0.1) is 16.3 Å². The standard InChI is InChI=1S/C12H9N3O2.CH4/c16-15(17)12-8-6-11(7-9-12)14-13-10-4-2-1-3-5-10;/h1-9H;1H4/b14-13+;. The minimum atomic E-state index is -0.446. The van der Waals surface area contributed by atoms with Crippen LogP contribution >= 0.6 is 0 Å². The van der Waals surface area contributed by atoms with Crippen LogP contribution in [0.1, 0.15) is 7.43 Å². The third kappa shape index (κ3) is 3.48. The summed E-state index contributed by atoms with van der Waals surface area (Å²) in [6.45, 7) is 0. The fourth-order valence-corrected chi connectivity index (χ4v) is 1.25. The van der Waals surface area contributed by atoms with E-state index in [-0.39, 0.29) is 13.1 Å². The molecule has 0 spiro atoms. The molecule has 0 atom stereocenters. The van der Waals surface area contributed by atoms with Gasteiger partial charge in [0, 0.05) is 12.1 Å². The summed E-state index contributed by atoms with van der Waals surface area (Å²) in [5, 5.41) is 18.4. The van der Waals surface area contributed by atoms with Gasteiger partial charge in [-0.25, -0.2) is 0 Å². The molecule has 18 heavy (non-hydrogen) atoms.